The molecule has 3 aromatic rings. The highest BCUT2D eigenvalue weighted by molar-refractivity contribution is 8.00. The Morgan fingerprint density at radius 2 is 1.86 bits per heavy atom. The van der Waals surface area contributed by atoms with Gasteiger partial charge in [0.25, 0.3) is 0 Å². The van der Waals surface area contributed by atoms with E-state index in [4.69, 9.17) is 4.74 Å². The van der Waals surface area contributed by atoms with Crippen LogP contribution in [0.15, 0.2) is 53.7 Å². The second-order valence-electron chi connectivity index (χ2n) is 6.36. The number of rotatable bonds is 7. The van der Waals surface area contributed by atoms with Gasteiger partial charge in [0.05, 0.1) is 17.5 Å². The summed E-state index contributed by atoms with van der Waals surface area (Å²) < 4.78 is 7.41. The van der Waals surface area contributed by atoms with E-state index >= 15 is 0 Å². The zero-order chi connectivity index (χ0) is 20.1. The van der Waals surface area contributed by atoms with E-state index in [0.29, 0.717) is 11.8 Å². The first-order valence-corrected chi connectivity index (χ1v) is 10.1. The van der Waals surface area contributed by atoms with E-state index in [1.54, 1.807) is 0 Å². The summed E-state index contributed by atoms with van der Waals surface area (Å²) in [6, 6.07) is 15.4. The molecule has 0 bridgehead atoms. The van der Waals surface area contributed by atoms with Crippen LogP contribution in [0.1, 0.15) is 25.2 Å². The number of aryl methyl sites for hydroxylation is 2. The van der Waals surface area contributed by atoms with Gasteiger partial charge in [-0.05, 0) is 63.6 Å². The summed E-state index contributed by atoms with van der Waals surface area (Å²) in [7, 11) is 0. The third-order valence-electron chi connectivity index (χ3n) is 4.24. The van der Waals surface area contributed by atoms with Crippen LogP contribution in [0, 0.1) is 13.8 Å². The highest BCUT2D eigenvalue weighted by atomic mass is 32.2. The van der Waals surface area contributed by atoms with Crippen LogP contribution in [0.2, 0.25) is 0 Å². The summed E-state index contributed by atoms with van der Waals surface area (Å²) in [6.45, 7) is 8.37. The number of benzene rings is 2. The van der Waals surface area contributed by atoms with Gasteiger partial charge in [-0.15, -0.1) is 10.2 Å². The molecule has 0 radical (unpaired) electrons. The molecule has 7 heteroatoms. The molecule has 3 rings (SSSR count). The molecule has 0 aliphatic rings. The first-order chi connectivity index (χ1) is 13.5. The molecule has 0 aliphatic heterocycles. The molecule has 0 saturated heterocycles. The minimum Gasteiger partial charge on any atom is -0.494 e. The third kappa shape index (κ3) is 4.54. The largest absolute Gasteiger partial charge is 0.494 e. The van der Waals surface area contributed by atoms with Crippen molar-refractivity contribution in [1.82, 2.24) is 14.8 Å². The van der Waals surface area contributed by atoms with Crippen molar-refractivity contribution >= 4 is 23.4 Å². The number of aromatic nitrogens is 3. The first-order valence-electron chi connectivity index (χ1n) is 9.18. The number of nitrogens with one attached hydrogen (secondary N) is 1. The molecule has 1 heterocycles. The molecule has 0 spiro atoms. The summed E-state index contributed by atoms with van der Waals surface area (Å²) in [6.07, 6.45) is 0. The first kappa shape index (κ1) is 19.9. The Hall–Kier alpha value is -2.80. The van der Waals surface area contributed by atoms with Gasteiger partial charge in [-0.1, -0.05) is 30.0 Å². The van der Waals surface area contributed by atoms with Crippen molar-refractivity contribution in [2.75, 3.05) is 11.9 Å². The molecule has 0 aliphatic carbocycles. The molecule has 146 valence electrons. The average molecular weight is 397 g/mol. The van der Waals surface area contributed by atoms with E-state index in [1.165, 1.54) is 11.8 Å². The molecule has 1 amide bonds. The number of amides is 1. The summed E-state index contributed by atoms with van der Waals surface area (Å²) in [5, 5.41) is 11.8. The number of hydrogen-bond donors (Lipinski definition) is 1. The number of carbonyl (C=O) groups excluding carboxylic acids is 1. The molecule has 1 aromatic heterocycles. The summed E-state index contributed by atoms with van der Waals surface area (Å²) in [5.41, 5.74) is 2.88. The van der Waals surface area contributed by atoms with Crippen LogP contribution in [-0.2, 0) is 4.79 Å². The number of carbonyl (C=O) groups is 1. The molecule has 2 aromatic carbocycles. The zero-order valence-corrected chi connectivity index (χ0v) is 17.3. The van der Waals surface area contributed by atoms with Gasteiger partial charge < -0.3 is 10.1 Å². The minimum atomic E-state index is -0.335. The van der Waals surface area contributed by atoms with Crippen LogP contribution in [0.5, 0.6) is 5.75 Å². The smallest absolute Gasteiger partial charge is 0.237 e. The molecule has 0 fully saturated rings. The number of hydrogen-bond acceptors (Lipinski definition) is 5. The Morgan fingerprint density at radius 1 is 1.14 bits per heavy atom. The Kier molecular flexibility index (Phi) is 6.36. The molecule has 28 heavy (non-hydrogen) atoms. The molecule has 1 atom stereocenters. The second-order valence-corrected chi connectivity index (χ2v) is 7.67. The van der Waals surface area contributed by atoms with Gasteiger partial charge in [0.2, 0.25) is 5.91 Å². The van der Waals surface area contributed by atoms with Gasteiger partial charge in [0.1, 0.15) is 11.6 Å². The maximum atomic E-state index is 12.6. The number of para-hydroxylation sites is 1. The number of thioether (sulfide) groups is 1. The third-order valence-corrected chi connectivity index (χ3v) is 5.28. The van der Waals surface area contributed by atoms with E-state index in [0.717, 1.165) is 28.5 Å². The lowest BCUT2D eigenvalue weighted by Gasteiger charge is -2.14. The van der Waals surface area contributed by atoms with Crippen molar-refractivity contribution in [3.63, 3.8) is 0 Å². The van der Waals surface area contributed by atoms with Crippen molar-refractivity contribution in [2.45, 2.75) is 38.1 Å². The maximum absolute atomic E-state index is 12.6. The highest BCUT2D eigenvalue weighted by Crippen LogP contribution is 2.27. The van der Waals surface area contributed by atoms with Crippen LogP contribution < -0.4 is 10.1 Å². The van der Waals surface area contributed by atoms with Crippen LogP contribution >= 0.6 is 11.8 Å². The van der Waals surface area contributed by atoms with Gasteiger partial charge in [0, 0.05) is 5.69 Å². The molecule has 1 N–H and O–H groups in total. The predicted octanol–water partition coefficient (Wildman–Crippen LogP) is 4.40. The van der Waals surface area contributed by atoms with Crippen molar-refractivity contribution in [2.24, 2.45) is 0 Å². The Balaban J connectivity index is 1.72. The molecule has 6 nitrogen and oxygen atoms in total. The number of nitrogens with zero attached hydrogens (tertiary/aromatic N) is 3. The van der Waals surface area contributed by atoms with Gasteiger partial charge in [0.15, 0.2) is 5.16 Å². The maximum Gasteiger partial charge on any atom is 0.237 e. The van der Waals surface area contributed by atoms with E-state index in [-0.39, 0.29) is 11.2 Å². The van der Waals surface area contributed by atoms with Crippen molar-refractivity contribution < 1.29 is 9.53 Å². The lowest BCUT2D eigenvalue weighted by atomic mass is 10.2. The van der Waals surface area contributed by atoms with Crippen molar-refractivity contribution in [3.8, 4) is 11.4 Å². The lowest BCUT2D eigenvalue weighted by Crippen LogP contribution is -2.23. The Labute approximate surface area is 169 Å². The Morgan fingerprint density at radius 3 is 2.54 bits per heavy atom. The van der Waals surface area contributed by atoms with Crippen LogP contribution in [0.4, 0.5) is 5.69 Å². The summed E-state index contributed by atoms with van der Waals surface area (Å²) >= 11 is 1.39. The van der Waals surface area contributed by atoms with E-state index in [9.17, 15) is 4.79 Å². The van der Waals surface area contributed by atoms with E-state index < -0.39 is 0 Å². The van der Waals surface area contributed by atoms with Gasteiger partial charge in [-0.25, -0.2) is 0 Å². The topological polar surface area (TPSA) is 69.0 Å². The predicted molar refractivity (Wildman–Crippen MR) is 112 cm³/mol. The van der Waals surface area contributed by atoms with Gasteiger partial charge >= 0.3 is 0 Å². The fraction of sp³-hybridized carbons (Fsp3) is 0.286. The van der Waals surface area contributed by atoms with Crippen molar-refractivity contribution in [3.05, 3.63) is 59.9 Å². The summed E-state index contributed by atoms with van der Waals surface area (Å²) in [4.78, 5) is 12.6. The zero-order valence-electron chi connectivity index (χ0n) is 16.5. The highest BCUT2D eigenvalue weighted by Gasteiger charge is 2.20. The molecule has 0 saturated carbocycles. The standard InChI is InChI=1S/C21H24N4O2S/c1-5-27-18-12-10-17(11-13-18)22-20(26)15(3)28-21-24-23-16(4)25(21)19-9-7-6-8-14(19)2/h6-13,15H,5H2,1-4H3,(H,22,26). The van der Waals surface area contributed by atoms with Crippen LogP contribution in [0.25, 0.3) is 5.69 Å². The van der Waals surface area contributed by atoms with Crippen LogP contribution in [0.3, 0.4) is 0 Å². The van der Waals surface area contributed by atoms with Gasteiger partial charge in [-0.3, -0.25) is 9.36 Å². The van der Waals surface area contributed by atoms with Crippen LogP contribution in [-0.4, -0.2) is 32.5 Å². The van der Waals surface area contributed by atoms with Gasteiger partial charge in [-0.2, -0.15) is 0 Å². The SMILES string of the molecule is CCOc1ccc(NC(=O)C(C)Sc2nnc(C)n2-c2ccccc2C)cc1. The minimum absolute atomic E-state index is 0.0915. The van der Waals surface area contributed by atoms with E-state index in [1.807, 2.05) is 80.8 Å². The normalized spacial score (nSPS) is 11.9. The molecule has 1 unspecified atom stereocenters. The van der Waals surface area contributed by atoms with Crippen molar-refractivity contribution in [1.29, 1.82) is 0 Å². The lowest BCUT2D eigenvalue weighted by molar-refractivity contribution is -0.115. The van der Waals surface area contributed by atoms with E-state index in [2.05, 4.69) is 15.5 Å². The monoisotopic (exact) mass is 396 g/mol. The molecular weight excluding hydrogens is 372 g/mol. The average Bonchev–Trinajstić information content (AvgIpc) is 3.04. The quantitative estimate of drug-likeness (QED) is 0.600. The fourth-order valence-corrected chi connectivity index (χ4v) is 3.67. The number of ether oxygens (including phenoxy) is 1. The number of anilines is 1. The summed E-state index contributed by atoms with van der Waals surface area (Å²) in [5.74, 6) is 1.48. The fourth-order valence-electron chi connectivity index (χ4n) is 2.77. The molecular formula is C21H24N4O2S. The Bertz CT molecular complexity index is 953. The second kappa shape index (κ2) is 8.93.